The molecule has 0 aliphatic carbocycles. The van der Waals surface area contributed by atoms with Crippen molar-refractivity contribution in [1.29, 1.82) is 0 Å². The molecule has 1 aliphatic rings. The molecule has 0 saturated carbocycles. The Morgan fingerprint density at radius 1 is 1.08 bits per heavy atom. The first kappa shape index (κ1) is 16.4. The maximum atomic E-state index is 5.38. The van der Waals surface area contributed by atoms with Crippen molar-refractivity contribution < 1.29 is 9.47 Å². The number of ether oxygens (including phenoxy) is 2. The normalized spacial score (nSPS) is 16.4. The Labute approximate surface area is 141 Å². The molecule has 1 aromatic carbocycles. The summed E-state index contributed by atoms with van der Waals surface area (Å²) in [5, 5.41) is 6.46. The summed E-state index contributed by atoms with van der Waals surface area (Å²) in [6.07, 6.45) is 0.0885. The van der Waals surface area contributed by atoms with Crippen molar-refractivity contribution in [2.45, 2.75) is 13.1 Å². The number of benzene rings is 1. The summed E-state index contributed by atoms with van der Waals surface area (Å²) in [7, 11) is 1.54. The molecule has 0 radical (unpaired) electrons. The van der Waals surface area contributed by atoms with E-state index in [0.717, 1.165) is 32.0 Å². The van der Waals surface area contributed by atoms with Gasteiger partial charge in [-0.2, -0.15) is 15.0 Å². The third-order valence-electron chi connectivity index (χ3n) is 3.76. The molecule has 0 bridgehead atoms. The molecular weight excluding hydrogens is 308 g/mol. The SMILES string of the molecule is COc1nc(Nc2ccccc2)nc(NC(C)N2CCOCC2)n1. The van der Waals surface area contributed by atoms with Crippen molar-refractivity contribution in [3.63, 3.8) is 0 Å². The van der Waals surface area contributed by atoms with E-state index in [0.29, 0.717) is 11.9 Å². The largest absolute Gasteiger partial charge is 0.467 e. The van der Waals surface area contributed by atoms with Crippen LogP contribution in [0.4, 0.5) is 17.6 Å². The summed E-state index contributed by atoms with van der Waals surface area (Å²) in [6.45, 7) is 5.32. The monoisotopic (exact) mass is 330 g/mol. The van der Waals surface area contributed by atoms with Crippen LogP contribution in [0, 0.1) is 0 Å². The third-order valence-corrected chi connectivity index (χ3v) is 3.76. The molecule has 8 nitrogen and oxygen atoms in total. The van der Waals surface area contributed by atoms with Crippen molar-refractivity contribution >= 4 is 17.6 Å². The Balaban J connectivity index is 1.73. The zero-order valence-electron chi connectivity index (χ0n) is 13.9. The van der Waals surface area contributed by atoms with Gasteiger partial charge in [-0.05, 0) is 19.1 Å². The Kier molecular flexibility index (Phi) is 5.39. The predicted octanol–water partition coefficient (Wildman–Crippen LogP) is 1.71. The topological polar surface area (TPSA) is 84.4 Å². The molecule has 3 rings (SSSR count). The summed E-state index contributed by atoms with van der Waals surface area (Å²) in [4.78, 5) is 15.2. The van der Waals surface area contributed by atoms with Gasteiger partial charge in [0.25, 0.3) is 0 Å². The van der Waals surface area contributed by atoms with Crippen LogP contribution in [0.15, 0.2) is 30.3 Å². The number of nitrogens with one attached hydrogen (secondary N) is 2. The van der Waals surface area contributed by atoms with Crippen molar-refractivity contribution in [1.82, 2.24) is 19.9 Å². The predicted molar refractivity (Wildman–Crippen MR) is 91.6 cm³/mol. The lowest BCUT2D eigenvalue weighted by atomic mass is 10.3. The van der Waals surface area contributed by atoms with E-state index in [1.807, 2.05) is 30.3 Å². The number of rotatable bonds is 6. The second-order valence-corrected chi connectivity index (χ2v) is 5.43. The summed E-state index contributed by atoms with van der Waals surface area (Å²) >= 11 is 0. The highest BCUT2D eigenvalue weighted by molar-refractivity contribution is 5.54. The number of methoxy groups -OCH3 is 1. The van der Waals surface area contributed by atoms with Gasteiger partial charge in [-0.3, -0.25) is 4.90 Å². The molecule has 8 heteroatoms. The summed E-state index contributed by atoms with van der Waals surface area (Å²) in [6, 6.07) is 10.00. The van der Waals surface area contributed by atoms with Crippen LogP contribution in [-0.4, -0.2) is 59.4 Å². The number of aromatic nitrogens is 3. The van der Waals surface area contributed by atoms with E-state index in [9.17, 15) is 0 Å². The standard InChI is InChI=1S/C16H22N6O2/c1-12(22-8-10-24-11-9-22)17-14-19-15(21-16(20-14)23-2)18-13-6-4-3-5-7-13/h3-7,12H,8-11H2,1-2H3,(H2,17,18,19,20,21). The molecule has 2 N–H and O–H groups in total. The van der Waals surface area contributed by atoms with E-state index in [1.54, 1.807) is 0 Å². The van der Waals surface area contributed by atoms with Crippen LogP contribution in [0.1, 0.15) is 6.92 Å². The molecule has 1 atom stereocenters. The van der Waals surface area contributed by atoms with E-state index in [-0.39, 0.29) is 12.2 Å². The molecule has 1 fully saturated rings. The Morgan fingerprint density at radius 3 is 2.50 bits per heavy atom. The second-order valence-electron chi connectivity index (χ2n) is 5.43. The first-order valence-electron chi connectivity index (χ1n) is 7.95. The number of hydrogen-bond donors (Lipinski definition) is 2. The van der Waals surface area contributed by atoms with Crippen LogP contribution in [0.5, 0.6) is 6.01 Å². The van der Waals surface area contributed by atoms with Crippen LogP contribution >= 0.6 is 0 Å². The first-order chi connectivity index (χ1) is 11.7. The van der Waals surface area contributed by atoms with Crippen molar-refractivity contribution in [3.8, 4) is 6.01 Å². The fourth-order valence-corrected chi connectivity index (χ4v) is 2.46. The van der Waals surface area contributed by atoms with Crippen LogP contribution in [-0.2, 0) is 4.74 Å². The van der Waals surface area contributed by atoms with Gasteiger partial charge in [-0.1, -0.05) is 18.2 Å². The lowest BCUT2D eigenvalue weighted by molar-refractivity contribution is 0.0252. The summed E-state index contributed by atoms with van der Waals surface area (Å²) < 4.78 is 10.6. The molecule has 1 aromatic heterocycles. The molecule has 0 spiro atoms. The highest BCUT2D eigenvalue weighted by Crippen LogP contribution is 2.17. The van der Waals surface area contributed by atoms with Crippen molar-refractivity contribution in [2.24, 2.45) is 0 Å². The zero-order chi connectivity index (χ0) is 16.8. The molecule has 1 saturated heterocycles. The minimum atomic E-state index is 0.0885. The van der Waals surface area contributed by atoms with Gasteiger partial charge in [0.2, 0.25) is 11.9 Å². The minimum absolute atomic E-state index is 0.0885. The fraction of sp³-hybridized carbons (Fsp3) is 0.438. The van der Waals surface area contributed by atoms with E-state index in [1.165, 1.54) is 7.11 Å². The van der Waals surface area contributed by atoms with Gasteiger partial charge in [0, 0.05) is 18.8 Å². The van der Waals surface area contributed by atoms with Crippen LogP contribution < -0.4 is 15.4 Å². The molecule has 2 aromatic rings. The van der Waals surface area contributed by atoms with Gasteiger partial charge in [-0.25, -0.2) is 0 Å². The van der Waals surface area contributed by atoms with Crippen LogP contribution in [0.2, 0.25) is 0 Å². The number of hydrogen-bond acceptors (Lipinski definition) is 8. The quantitative estimate of drug-likeness (QED) is 0.828. The van der Waals surface area contributed by atoms with Gasteiger partial charge >= 0.3 is 6.01 Å². The Morgan fingerprint density at radius 2 is 1.79 bits per heavy atom. The number of para-hydroxylation sites is 1. The van der Waals surface area contributed by atoms with Crippen molar-refractivity contribution in [2.75, 3.05) is 44.0 Å². The lowest BCUT2D eigenvalue weighted by Gasteiger charge is -2.32. The average molecular weight is 330 g/mol. The zero-order valence-corrected chi connectivity index (χ0v) is 13.9. The van der Waals surface area contributed by atoms with Crippen LogP contribution in [0.3, 0.4) is 0 Å². The first-order valence-corrected chi connectivity index (χ1v) is 7.95. The highest BCUT2D eigenvalue weighted by atomic mass is 16.5. The Hall–Kier alpha value is -2.45. The smallest absolute Gasteiger partial charge is 0.322 e. The minimum Gasteiger partial charge on any atom is -0.467 e. The fourth-order valence-electron chi connectivity index (χ4n) is 2.46. The maximum Gasteiger partial charge on any atom is 0.322 e. The molecule has 24 heavy (non-hydrogen) atoms. The van der Waals surface area contributed by atoms with E-state index in [4.69, 9.17) is 9.47 Å². The highest BCUT2D eigenvalue weighted by Gasteiger charge is 2.18. The lowest BCUT2D eigenvalue weighted by Crippen LogP contribution is -2.45. The van der Waals surface area contributed by atoms with Gasteiger partial charge in [0.15, 0.2) is 0 Å². The average Bonchev–Trinajstić information content (AvgIpc) is 2.63. The van der Waals surface area contributed by atoms with Gasteiger partial charge in [0.05, 0.1) is 26.5 Å². The van der Waals surface area contributed by atoms with Gasteiger partial charge in [0.1, 0.15) is 0 Å². The van der Waals surface area contributed by atoms with Gasteiger partial charge < -0.3 is 20.1 Å². The molecule has 0 amide bonds. The molecule has 1 aliphatic heterocycles. The number of nitrogens with zero attached hydrogens (tertiary/aromatic N) is 4. The van der Waals surface area contributed by atoms with E-state index in [2.05, 4.69) is 37.4 Å². The molecular formula is C16H22N6O2. The summed E-state index contributed by atoms with van der Waals surface area (Å²) in [5.74, 6) is 0.906. The summed E-state index contributed by atoms with van der Waals surface area (Å²) in [5.41, 5.74) is 0.901. The molecule has 2 heterocycles. The molecule has 1 unspecified atom stereocenters. The number of morpholine rings is 1. The molecule has 128 valence electrons. The second kappa shape index (κ2) is 7.89. The van der Waals surface area contributed by atoms with E-state index < -0.39 is 0 Å². The van der Waals surface area contributed by atoms with Gasteiger partial charge in [-0.15, -0.1) is 0 Å². The van der Waals surface area contributed by atoms with Crippen molar-refractivity contribution in [3.05, 3.63) is 30.3 Å². The number of anilines is 3. The Bertz CT molecular complexity index is 648. The third kappa shape index (κ3) is 4.30. The van der Waals surface area contributed by atoms with E-state index >= 15 is 0 Å². The van der Waals surface area contributed by atoms with Crippen LogP contribution in [0.25, 0.3) is 0 Å². The maximum absolute atomic E-state index is 5.38.